The lowest BCUT2D eigenvalue weighted by atomic mass is 9.69. The highest BCUT2D eigenvalue weighted by Gasteiger charge is 2.72. The molecule has 1 aliphatic heterocycles. The molecule has 5 nitrogen and oxygen atoms in total. The Bertz CT molecular complexity index is 715. The molecule has 1 aromatic rings. The summed E-state index contributed by atoms with van der Waals surface area (Å²) in [4.78, 5) is 16.2. The van der Waals surface area contributed by atoms with Crippen molar-refractivity contribution in [2.24, 2.45) is 21.9 Å². The zero-order valence-corrected chi connectivity index (χ0v) is 14.4. The molecule has 1 aromatic carbocycles. The Hall–Kier alpha value is -1.56. The van der Waals surface area contributed by atoms with Gasteiger partial charge in [0.2, 0.25) is 0 Å². The monoisotopic (exact) mass is 332 g/mol. The van der Waals surface area contributed by atoms with E-state index in [-0.39, 0.29) is 26.4 Å². The summed E-state index contributed by atoms with van der Waals surface area (Å²) in [6.07, 6.45) is 3.46. The summed E-state index contributed by atoms with van der Waals surface area (Å²) in [5.74, 6) is 0.673. The van der Waals surface area contributed by atoms with Crippen molar-refractivity contribution in [1.29, 1.82) is 0 Å². The van der Waals surface area contributed by atoms with E-state index in [2.05, 4.69) is 25.9 Å². The van der Waals surface area contributed by atoms with Gasteiger partial charge in [0.25, 0.3) is 5.69 Å². The summed E-state index contributed by atoms with van der Waals surface area (Å²) in [6, 6.07) is 6.56. The van der Waals surface area contributed by atoms with Crippen molar-refractivity contribution in [3.8, 4) is 0 Å². The molecule has 0 amide bonds. The van der Waals surface area contributed by atoms with Crippen LogP contribution in [-0.2, 0) is 4.84 Å². The first-order valence-corrected chi connectivity index (χ1v) is 8.81. The number of rotatable bonds is 2. The first kappa shape index (κ1) is 15.0. The predicted molar refractivity (Wildman–Crippen MR) is 90.3 cm³/mol. The summed E-state index contributed by atoms with van der Waals surface area (Å²) in [7, 11) is 0. The number of benzene rings is 1. The minimum atomic E-state index is -0.384. The summed E-state index contributed by atoms with van der Waals surface area (Å²) in [5, 5.41) is 16.0. The van der Waals surface area contributed by atoms with Crippen molar-refractivity contribution in [2.75, 3.05) is 0 Å². The number of hydrogen-bond donors (Lipinski definition) is 0. The molecule has 3 aliphatic rings. The second kappa shape index (κ2) is 4.50. The number of nitrogens with zero attached hydrogens (tertiary/aromatic N) is 2. The van der Waals surface area contributed by atoms with Gasteiger partial charge in [0.1, 0.15) is 5.04 Å². The van der Waals surface area contributed by atoms with E-state index in [1.807, 2.05) is 0 Å². The third-order valence-corrected chi connectivity index (χ3v) is 8.18. The van der Waals surface area contributed by atoms with E-state index in [9.17, 15) is 10.1 Å². The van der Waals surface area contributed by atoms with Crippen LogP contribution in [0.3, 0.4) is 0 Å². The number of nitro benzene ring substituents is 1. The Morgan fingerprint density at radius 2 is 2.00 bits per heavy atom. The van der Waals surface area contributed by atoms with Gasteiger partial charge in [0.15, 0.2) is 4.93 Å². The molecule has 2 bridgehead atoms. The van der Waals surface area contributed by atoms with Gasteiger partial charge < -0.3 is 4.84 Å². The van der Waals surface area contributed by atoms with Crippen LogP contribution in [0.4, 0.5) is 5.69 Å². The van der Waals surface area contributed by atoms with Crippen LogP contribution >= 0.6 is 11.8 Å². The number of hydrogen-bond acceptors (Lipinski definition) is 5. The molecule has 3 unspecified atom stereocenters. The van der Waals surface area contributed by atoms with Crippen LogP contribution < -0.4 is 0 Å². The molecule has 23 heavy (non-hydrogen) atoms. The van der Waals surface area contributed by atoms with Crippen LogP contribution in [0.5, 0.6) is 0 Å². The molecule has 1 spiro atoms. The number of fused-ring (bicyclic) bond motifs is 3. The van der Waals surface area contributed by atoms with E-state index < -0.39 is 0 Å². The van der Waals surface area contributed by atoms with E-state index in [0.717, 1.165) is 17.0 Å². The van der Waals surface area contributed by atoms with Crippen molar-refractivity contribution in [1.82, 2.24) is 0 Å². The SMILES string of the molecule is CC1(C)C2CCC1(C)C1(C2)ON=C(c2ccc([N+](=O)[O-])cc2)S1. The maximum absolute atomic E-state index is 10.8. The fourth-order valence-electron chi connectivity index (χ4n) is 4.62. The molecule has 2 aliphatic carbocycles. The smallest absolute Gasteiger partial charge is 0.269 e. The van der Waals surface area contributed by atoms with E-state index in [1.54, 1.807) is 23.9 Å². The van der Waals surface area contributed by atoms with Crippen LogP contribution in [0.25, 0.3) is 0 Å². The Balaban J connectivity index is 1.61. The molecule has 2 fully saturated rings. The maximum Gasteiger partial charge on any atom is 0.269 e. The second-order valence-electron chi connectivity index (χ2n) is 7.64. The Kier molecular flexibility index (Phi) is 2.93. The predicted octanol–water partition coefficient (Wildman–Crippen LogP) is 4.56. The van der Waals surface area contributed by atoms with Gasteiger partial charge >= 0.3 is 0 Å². The van der Waals surface area contributed by atoms with E-state index >= 15 is 0 Å². The number of non-ortho nitro benzene ring substituents is 1. The zero-order chi connectivity index (χ0) is 16.5. The molecule has 2 saturated carbocycles. The third-order valence-electron chi connectivity index (χ3n) is 6.65. The quantitative estimate of drug-likeness (QED) is 0.588. The topological polar surface area (TPSA) is 64.7 Å². The van der Waals surface area contributed by atoms with Crippen LogP contribution in [0.15, 0.2) is 29.4 Å². The van der Waals surface area contributed by atoms with Crippen molar-refractivity contribution < 1.29 is 9.76 Å². The first-order chi connectivity index (χ1) is 10.8. The number of oxime groups is 1. The maximum atomic E-state index is 10.8. The molecule has 122 valence electrons. The van der Waals surface area contributed by atoms with Crippen LogP contribution in [0, 0.1) is 26.9 Å². The average molecular weight is 332 g/mol. The Morgan fingerprint density at radius 1 is 1.30 bits per heavy atom. The van der Waals surface area contributed by atoms with Gasteiger partial charge in [-0.1, -0.05) is 37.7 Å². The van der Waals surface area contributed by atoms with Gasteiger partial charge in [-0.25, -0.2) is 0 Å². The Labute approximate surface area is 139 Å². The van der Waals surface area contributed by atoms with Gasteiger partial charge in [-0.2, -0.15) is 0 Å². The highest BCUT2D eigenvalue weighted by Crippen LogP contribution is 2.74. The molecule has 0 aromatic heterocycles. The van der Waals surface area contributed by atoms with E-state index in [0.29, 0.717) is 5.92 Å². The second-order valence-corrected chi connectivity index (χ2v) is 8.89. The molecule has 1 heterocycles. The van der Waals surface area contributed by atoms with Gasteiger partial charge in [0.05, 0.1) is 4.92 Å². The molecule has 3 atom stereocenters. The number of nitro groups is 1. The van der Waals surface area contributed by atoms with Gasteiger partial charge in [-0.3, -0.25) is 10.1 Å². The zero-order valence-electron chi connectivity index (χ0n) is 13.5. The van der Waals surface area contributed by atoms with Crippen molar-refractivity contribution in [3.05, 3.63) is 39.9 Å². The lowest BCUT2D eigenvalue weighted by molar-refractivity contribution is -0.384. The van der Waals surface area contributed by atoms with E-state index in [1.165, 1.54) is 25.0 Å². The standard InChI is InChI=1S/C17H20N2O3S/c1-15(2)12-8-9-16(15,3)17(10-12)22-18-14(23-17)11-4-6-13(7-5-11)19(20)21/h4-7,12H,8-10H2,1-3H3. The van der Waals surface area contributed by atoms with Gasteiger partial charge in [-0.05, 0) is 36.3 Å². The lowest BCUT2D eigenvalue weighted by Gasteiger charge is -2.43. The van der Waals surface area contributed by atoms with Crippen molar-refractivity contribution in [3.63, 3.8) is 0 Å². The summed E-state index contributed by atoms with van der Waals surface area (Å²) in [6.45, 7) is 7.04. The van der Waals surface area contributed by atoms with Crippen molar-refractivity contribution in [2.45, 2.75) is 45.0 Å². The minimum Gasteiger partial charge on any atom is -0.376 e. The number of thioether (sulfide) groups is 1. The molecule has 4 rings (SSSR count). The average Bonchev–Trinajstić information content (AvgIpc) is 3.08. The van der Waals surface area contributed by atoms with Crippen LogP contribution in [0.2, 0.25) is 0 Å². The lowest BCUT2D eigenvalue weighted by Crippen LogP contribution is -2.44. The summed E-state index contributed by atoms with van der Waals surface area (Å²) < 4.78 is 0. The van der Waals surface area contributed by atoms with Crippen LogP contribution in [0.1, 0.15) is 45.6 Å². The molecular weight excluding hydrogens is 312 g/mol. The van der Waals surface area contributed by atoms with Gasteiger partial charge in [-0.15, -0.1) is 0 Å². The molecule has 0 saturated heterocycles. The summed E-state index contributed by atoms with van der Waals surface area (Å²) in [5.41, 5.74) is 1.34. The third kappa shape index (κ3) is 1.78. The van der Waals surface area contributed by atoms with E-state index in [4.69, 9.17) is 4.84 Å². The molecular formula is C17H20N2O3S. The fraction of sp³-hybridized carbons (Fsp3) is 0.588. The summed E-state index contributed by atoms with van der Waals surface area (Å²) >= 11 is 1.71. The molecule has 0 N–H and O–H groups in total. The molecule has 0 radical (unpaired) electrons. The first-order valence-electron chi connectivity index (χ1n) is 7.99. The minimum absolute atomic E-state index is 0.0981. The highest BCUT2D eigenvalue weighted by molar-refractivity contribution is 8.15. The fourth-order valence-corrected chi connectivity index (χ4v) is 6.21. The van der Waals surface area contributed by atoms with Crippen molar-refractivity contribution >= 4 is 22.5 Å². The highest BCUT2D eigenvalue weighted by atomic mass is 32.2. The Morgan fingerprint density at radius 3 is 2.52 bits per heavy atom. The molecule has 6 heteroatoms. The van der Waals surface area contributed by atoms with Crippen LogP contribution in [-0.4, -0.2) is 14.9 Å². The normalized spacial score (nSPS) is 37.0. The van der Waals surface area contributed by atoms with Gasteiger partial charge in [0, 0.05) is 29.5 Å². The largest absolute Gasteiger partial charge is 0.376 e.